The van der Waals surface area contributed by atoms with Gasteiger partial charge < -0.3 is 9.64 Å². The predicted octanol–water partition coefficient (Wildman–Crippen LogP) is 4.55. The van der Waals surface area contributed by atoms with Crippen molar-refractivity contribution in [2.24, 2.45) is 0 Å². The fourth-order valence-corrected chi connectivity index (χ4v) is 2.26. The third-order valence-electron chi connectivity index (χ3n) is 3.28. The van der Waals surface area contributed by atoms with Crippen molar-refractivity contribution in [3.05, 3.63) is 78.4 Å². The second-order valence-corrected chi connectivity index (χ2v) is 5.44. The van der Waals surface area contributed by atoms with Crippen molar-refractivity contribution in [3.8, 4) is 16.9 Å². The van der Waals surface area contributed by atoms with E-state index in [1.165, 1.54) is 16.7 Å². The van der Waals surface area contributed by atoms with Gasteiger partial charge >= 0.3 is 17.1 Å². The van der Waals surface area contributed by atoms with Crippen LogP contribution in [0.3, 0.4) is 0 Å². The predicted molar refractivity (Wildman–Crippen MR) is 93.4 cm³/mol. The summed E-state index contributed by atoms with van der Waals surface area (Å²) >= 11 is 0. The maximum atomic E-state index is 5.24. The van der Waals surface area contributed by atoms with Crippen molar-refractivity contribution in [2.45, 2.75) is 6.54 Å². The molecule has 23 heavy (non-hydrogen) atoms. The number of hydrogen-bond donors (Lipinski definition) is 0. The Hall–Kier alpha value is -1.80. The normalized spacial score (nSPS) is 9.74. The van der Waals surface area contributed by atoms with Gasteiger partial charge in [-0.1, -0.05) is 17.7 Å². The standard InChI is InChI=1S/C15H18NO.C5H5.Fe/c1-16(2)11-12-7-8-14(9-12)13-5-4-6-15(10-13)17-3;1-2-4-5-3-1;/h4-10H,11H2,1-3H3;1-5H;/q2*-1;+2. The number of methoxy groups -OCH3 is 1. The summed E-state index contributed by atoms with van der Waals surface area (Å²) in [6.45, 7) is 0.976. The Labute approximate surface area is 149 Å². The largest absolute Gasteiger partial charge is 2.00 e. The molecule has 0 spiro atoms. The molecule has 2 nitrogen and oxygen atoms in total. The number of hydrogen-bond acceptors (Lipinski definition) is 2. The van der Waals surface area contributed by atoms with Gasteiger partial charge in [-0.3, -0.25) is 0 Å². The van der Waals surface area contributed by atoms with Crippen LogP contribution in [0.2, 0.25) is 0 Å². The summed E-state index contributed by atoms with van der Waals surface area (Å²) in [7, 11) is 5.86. The summed E-state index contributed by atoms with van der Waals surface area (Å²) in [6, 6.07) is 24.7. The second kappa shape index (κ2) is 10.1. The molecule has 0 atom stereocenters. The van der Waals surface area contributed by atoms with Gasteiger partial charge in [0.15, 0.2) is 0 Å². The Kier molecular flexibility index (Phi) is 8.42. The molecule has 0 aliphatic heterocycles. The number of ether oxygens (including phenoxy) is 1. The summed E-state index contributed by atoms with van der Waals surface area (Å²) in [4.78, 5) is 2.17. The van der Waals surface area contributed by atoms with Gasteiger partial charge in [-0.05, 0) is 26.7 Å². The zero-order chi connectivity index (χ0) is 15.8. The van der Waals surface area contributed by atoms with E-state index in [1.54, 1.807) is 7.11 Å². The Morgan fingerprint density at radius 1 is 1.09 bits per heavy atom. The van der Waals surface area contributed by atoms with Crippen molar-refractivity contribution in [2.75, 3.05) is 21.2 Å². The summed E-state index contributed by atoms with van der Waals surface area (Å²) in [5, 5.41) is 0. The zero-order valence-electron chi connectivity index (χ0n) is 13.8. The van der Waals surface area contributed by atoms with E-state index >= 15 is 0 Å². The minimum atomic E-state index is 0. The van der Waals surface area contributed by atoms with Gasteiger partial charge in [-0.15, -0.1) is 35.4 Å². The minimum absolute atomic E-state index is 0. The first-order chi connectivity index (χ1) is 10.7. The molecule has 3 aromatic rings. The molecule has 0 radical (unpaired) electrons. The van der Waals surface area contributed by atoms with Crippen LogP contribution in [0.25, 0.3) is 11.1 Å². The SMILES string of the molecule is COc1cccc(-[c-]2ccc(CN(C)C)c2)c1.[Fe+2].c1cc[cH-]c1. The fourth-order valence-electron chi connectivity index (χ4n) is 2.26. The second-order valence-electron chi connectivity index (χ2n) is 5.44. The van der Waals surface area contributed by atoms with E-state index in [0.29, 0.717) is 0 Å². The molecule has 122 valence electrons. The molecule has 0 saturated carbocycles. The monoisotopic (exact) mass is 349 g/mol. The molecule has 0 unspecified atom stereocenters. The molecule has 3 aromatic carbocycles. The third-order valence-corrected chi connectivity index (χ3v) is 3.28. The van der Waals surface area contributed by atoms with Gasteiger partial charge in [0, 0.05) is 0 Å². The van der Waals surface area contributed by atoms with Crippen LogP contribution in [0.1, 0.15) is 5.56 Å². The molecule has 3 heteroatoms. The first kappa shape index (κ1) is 19.2. The van der Waals surface area contributed by atoms with Crippen molar-refractivity contribution in [1.82, 2.24) is 4.90 Å². The Morgan fingerprint density at radius 2 is 1.83 bits per heavy atom. The average molecular weight is 349 g/mol. The van der Waals surface area contributed by atoms with E-state index in [2.05, 4.69) is 49.3 Å². The van der Waals surface area contributed by atoms with Gasteiger partial charge in [0.2, 0.25) is 0 Å². The van der Waals surface area contributed by atoms with Gasteiger partial charge in [0.05, 0.1) is 12.9 Å². The first-order valence-electron chi connectivity index (χ1n) is 7.40. The Morgan fingerprint density at radius 3 is 2.39 bits per heavy atom. The molecule has 0 saturated heterocycles. The Bertz CT molecular complexity index is 639. The molecule has 3 rings (SSSR count). The molecular weight excluding hydrogens is 326 g/mol. The van der Waals surface area contributed by atoms with Crippen LogP contribution in [-0.2, 0) is 23.6 Å². The molecule has 0 fully saturated rings. The third kappa shape index (κ3) is 6.45. The minimum Gasteiger partial charge on any atom is -0.505 e. The molecule has 0 aliphatic carbocycles. The number of rotatable bonds is 4. The summed E-state index contributed by atoms with van der Waals surface area (Å²) < 4.78 is 5.24. The van der Waals surface area contributed by atoms with Crippen molar-refractivity contribution >= 4 is 0 Å². The quantitative estimate of drug-likeness (QED) is 0.506. The maximum absolute atomic E-state index is 5.24. The topological polar surface area (TPSA) is 12.5 Å². The van der Waals surface area contributed by atoms with E-state index < -0.39 is 0 Å². The van der Waals surface area contributed by atoms with E-state index in [1.807, 2.05) is 42.5 Å². The van der Waals surface area contributed by atoms with E-state index in [-0.39, 0.29) is 17.1 Å². The van der Waals surface area contributed by atoms with Gasteiger partial charge in [-0.2, -0.15) is 18.2 Å². The van der Waals surface area contributed by atoms with Gasteiger partial charge in [-0.25, -0.2) is 12.1 Å². The van der Waals surface area contributed by atoms with Crippen molar-refractivity contribution in [3.63, 3.8) is 0 Å². The van der Waals surface area contributed by atoms with Crippen LogP contribution in [0.4, 0.5) is 0 Å². The smallest absolute Gasteiger partial charge is 0.505 e. The van der Waals surface area contributed by atoms with Crippen LogP contribution in [0.5, 0.6) is 5.75 Å². The van der Waals surface area contributed by atoms with Crippen molar-refractivity contribution < 1.29 is 21.8 Å². The van der Waals surface area contributed by atoms with Gasteiger partial charge in [0.25, 0.3) is 0 Å². The average Bonchev–Trinajstić information content (AvgIpc) is 3.21. The molecule has 0 aliphatic rings. The maximum Gasteiger partial charge on any atom is 2.00 e. The van der Waals surface area contributed by atoms with Gasteiger partial charge in [0.1, 0.15) is 0 Å². The molecular formula is C20H23FeNO. The van der Waals surface area contributed by atoms with Crippen LogP contribution >= 0.6 is 0 Å². The van der Waals surface area contributed by atoms with E-state index in [9.17, 15) is 0 Å². The van der Waals surface area contributed by atoms with E-state index in [0.717, 1.165) is 12.3 Å². The first-order valence-corrected chi connectivity index (χ1v) is 7.40. The molecule has 0 amide bonds. The van der Waals surface area contributed by atoms with Crippen LogP contribution < -0.4 is 4.74 Å². The molecule has 0 bridgehead atoms. The zero-order valence-corrected chi connectivity index (χ0v) is 14.9. The fraction of sp³-hybridized carbons (Fsp3) is 0.200. The Balaban J connectivity index is 0.000000377. The summed E-state index contributed by atoms with van der Waals surface area (Å²) in [6.07, 6.45) is 0. The molecule has 0 heterocycles. The number of nitrogens with zero attached hydrogens (tertiary/aromatic N) is 1. The summed E-state index contributed by atoms with van der Waals surface area (Å²) in [5.74, 6) is 0.901. The van der Waals surface area contributed by atoms with Crippen molar-refractivity contribution in [1.29, 1.82) is 0 Å². The number of benzene rings is 1. The molecule has 0 aromatic heterocycles. The van der Waals surface area contributed by atoms with E-state index in [4.69, 9.17) is 4.74 Å². The summed E-state index contributed by atoms with van der Waals surface area (Å²) in [5.41, 5.74) is 3.79. The molecule has 0 N–H and O–H groups in total. The van der Waals surface area contributed by atoms with Crippen LogP contribution in [0, 0.1) is 0 Å². The van der Waals surface area contributed by atoms with Crippen LogP contribution in [0.15, 0.2) is 72.8 Å². The van der Waals surface area contributed by atoms with Crippen LogP contribution in [-0.4, -0.2) is 26.1 Å².